The standard InChI is InChI=1S/C12H21NO3/c14-8-2-4-10-15-9-3-1-5-13-6-11-16-12-7-13/h14H,2,4-12H2. The third-order valence-corrected chi connectivity index (χ3v) is 2.40. The molecule has 0 radical (unpaired) electrons. The fourth-order valence-corrected chi connectivity index (χ4v) is 1.42. The van der Waals surface area contributed by atoms with Crippen molar-refractivity contribution in [1.82, 2.24) is 4.90 Å². The number of aliphatic hydroxyl groups excluding tert-OH is 1. The van der Waals surface area contributed by atoms with Crippen molar-refractivity contribution in [2.24, 2.45) is 0 Å². The van der Waals surface area contributed by atoms with E-state index >= 15 is 0 Å². The van der Waals surface area contributed by atoms with Crippen molar-refractivity contribution >= 4 is 0 Å². The molecular formula is C12H21NO3. The zero-order chi connectivity index (χ0) is 11.5. The van der Waals surface area contributed by atoms with E-state index in [1.807, 2.05) is 0 Å². The monoisotopic (exact) mass is 227 g/mol. The van der Waals surface area contributed by atoms with Crippen molar-refractivity contribution in [2.75, 3.05) is 52.7 Å². The molecule has 4 nitrogen and oxygen atoms in total. The van der Waals surface area contributed by atoms with E-state index in [-0.39, 0.29) is 6.61 Å². The van der Waals surface area contributed by atoms with Crippen LogP contribution >= 0.6 is 0 Å². The first-order valence-electron chi connectivity index (χ1n) is 5.88. The predicted octanol–water partition coefficient (Wildman–Crippen LogP) is 0.111. The summed E-state index contributed by atoms with van der Waals surface area (Å²) in [5, 5.41) is 8.55. The minimum atomic E-state index is 0.242. The minimum absolute atomic E-state index is 0.242. The number of aliphatic hydroxyl groups is 1. The number of unbranched alkanes of at least 4 members (excludes halogenated alkanes) is 1. The maximum atomic E-state index is 8.55. The first kappa shape index (κ1) is 13.5. The highest BCUT2D eigenvalue weighted by molar-refractivity contribution is 5.01. The highest BCUT2D eigenvalue weighted by Crippen LogP contribution is 1.94. The lowest BCUT2D eigenvalue weighted by Crippen LogP contribution is -2.36. The molecule has 1 heterocycles. The average Bonchev–Trinajstić information content (AvgIpc) is 2.34. The van der Waals surface area contributed by atoms with Gasteiger partial charge in [0.15, 0.2) is 0 Å². The lowest BCUT2D eigenvalue weighted by atomic mass is 10.3. The second-order valence-electron chi connectivity index (χ2n) is 3.73. The van der Waals surface area contributed by atoms with Gasteiger partial charge in [-0.2, -0.15) is 0 Å². The van der Waals surface area contributed by atoms with Gasteiger partial charge < -0.3 is 14.6 Å². The molecular weight excluding hydrogens is 206 g/mol. The summed E-state index contributed by atoms with van der Waals surface area (Å²) in [6.45, 7) is 5.83. The van der Waals surface area contributed by atoms with E-state index in [1.54, 1.807) is 0 Å². The molecule has 0 spiro atoms. The van der Waals surface area contributed by atoms with Crippen molar-refractivity contribution in [1.29, 1.82) is 0 Å². The third kappa shape index (κ3) is 6.81. The van der Waals surface area contributed by atoms with Gasteiger partial charge in [-0.15, -0.1) is 0 Å². The van der Waals surface area contributed by atoms with Crippen LogP contribution in [0.4, 0.5) is 0 Å². The molecule has 1 rings (SSSR count). The molecule has 1 aliphatic rings. The van der Waals surface area contributed by atoms with Crippen LogP contribution in [0.3, 0.4) is 0 Å². The Morgan fingerprint density at radius 3 is 2.75 bits per heavy atom. The molecule has 1 N–H and O–H groups in total. The molecule has 0 atom stereocenters. The number of ether oxygens (including phenoxy) is 2. The normalized spacial score (nSPS) is 16.8. The highest BCUT2D eigenvalue weighted by atomic mass is 16.5. The fourth-order valence-electron chi connectivity index (χ4n) is 1.42. The summed E-state index contributed by atoms with van der Waals surface area (Å²) >= 11 is 0. The quantitative estimate of drug-likeness (QED) is 0.516. The molecule has 0 amide bonds. The summed E-state index contributed by atoms with van der Waals surface area (Å²) in [5.41, 5.74) is 0. The Hall–Kier alpha value is -0.600. The van der Waals surface area contributed by atoms with E-state index < -0.39 is 0 Å². The third-order valence-electron chi connectivity index (χ3n) is 2.40. The summed E-state index contributed by atoms with van der Waals surface area (Å²) in [6.07, 6.45) is 1.71. The number of morpholine rings is 1. The Labute approximate surface area is 97.5 Å². The summed E-state index contributed by atoms with van der Waals surface area (Å²) in [7, 11) is 0. The lowest BCUT2D eigenvalue weighted by molar-refractivity contribution is 0.0443. The van der Waals surface area contributed by atoms with Crippen molar-refractivity contribution in [2.45, 2.75) is 12.8 Å². The number of nitrogens with zero attached hydrogens (tertiary/aromatic N) is 1. The van der Waals surface area contributed by atoms with E-state index in [0.717, 1.165) is 45.7 Å². The van der Waals surface area contributed by atoms with Crippen LogP contribution in [0.1, 0.15) is 12.8 Å². The summed E-state index contributed by atoms with van der Waals surface area (Å²) in [4.78, 5) is 2.28. The van der Waals surface area contributed by atoms with Crippen LogP contribution in [0, 0.1) is 11.8 Å². The second kappa shape index (κ2) is 9.61. The molecule has 0 unspecified atom stereocenters. The van der Waals surface area contributed by atoms with E-state index in [1.165, 1.54) is 0 Å². The van der Waals surface area contributed by atoms with E-state index in [4.69, 9.17) is 14.6 Å². The van der Waals surface area contributed by atoms with Crippen molar-refractivity contribution in [3.05, 3.63) is 0 Å². The van der Waals surface area contributed by atoms with Crippen LogP contribution < -0.4 is 0 Å². The Morgan fingerprint density at radius 2 is 2.00 bits per heavy atom. The molecule has 1 fully saturated rings. The molecule has 0 aromatic rings. The maximum absolute atomic E-state index is 8.55. The van der Waals surface area contributed by atoms with Crippen molar-refractivity contribution in [3.63, 3.8) is 0 Å². The van der Waals surface area contributed by atoms with E-state index in [9.17, 15) is 0 Å². The van der Waals surface area contributed by atoms with Crippen molar-refractivity contribution in [3.8, 4) is 11.8 Å². The van der Waals surface area contributed by atoms with Gasteiger partial charge in [-0.1, -0.05) is 11.8 Å². The van der Waals surface area contributed by atoms with Crippen LogP contribution in [0.5, 0.6) is 0 Å². The summed E-state index contributed by atoms with van der Waals surface area (Å²) < 4.78 is 10.5. The maximum Gasteiger partial charge on any atom is 0.107 e. The summed E-state index contributed by atoms with van der Waals surface area (Å²) in [6, 6.07) is 0. The van der Waals surface area contributed by atoms with Gasteiger partial charge in [-0.3, -0.25) is 4.90 Å². The zero-order valence-electron chi connectivity index (χ0n) is 9.78. The van der Waals surface area contributed by atoms with Crippen molar-refractivity contribution < 1.29 is 14.6 Å². The highest BCUT2D eigenvalue weighted by Gasteiger charge is 2.07. The molecule has 1 aliphatic heterocycles. The van der Waals surface area contributed by atoms with E-state index in [0.29, 0.717) is 13.2 Å². The molecule has 0 aromatic heterocycles. The largest absolute Gasteiger partial charge is 0.396 e. The fraction of sp³-hybridized carbons (Fsp3) is 0.833. The molecule has 4 heteroatoms. The van der Waals surface area contributed by atoms with Crippen LogP contribution in [0.25, 0.3) is 0 Å². The molecule has 0 aliphatic carbocycles. The second-order valence-corrected chi connectivity index (χ2v) is 3.73. The van der Waals surface area contributed by atoms with Crippen LogP contribution in [-0.2, 0) is 9.47 Å². The van der Waals surface area contributed by atoms with Crippen LogP contribution in [-0.4, -0.2) is 62.7 Å². The Bertz CT molecular complexity index is 216. The van der Waals surface area contributed by atoms with Gasteiger partial charge in [0.2, 0.25) is 0 Å². The molecule has 16 heavy (non-hydrogen) atoms. The average molecular weight is 227 g/mol. The Balaban J connectivity index is 1.91. The van der Waals surface area contributed by atoms with E-state index in [2.05, 4.69) is 16.7 Å². The number of hydrogen-bond donors (Lipinski definition) is 1. The topological polar surface area (TPSA) is 41.9 Å². The SMILES string of the molecule is OCCCCOCC#CCN1CCOCC1. The minimum Gasteiger partial charge on any atom is -0.396 e. The Kier molecular flexibility index (Phi) is 8.09. The van der Waals surface area contributed by atoms with Gasteiger partial charge in [-0.05, 0) is 12.8 Å². The molecule has 0 saturated carbocycles. The molecule has 0 bridgehead atoms. The first-order chi connectivity index (χ1) is 7.93. The molecule has 0 aromatic carbocycles. The Morgan fingerprint density at radius 1 is 1.19 bits per heavy atom. The predicted molar refractivity (Wildman–Crippen MR) is 62.2 cm³/mol. The van der Waals surface area contributed by atoms with Crippen LogP contribution in [0.15, 0.2) is 0 Å². The van der Waals surface area contributed by atoms with Gasteiger partial charge in [-0.25, -0.2) is 0 Å². The van der Waals surface area contributed by atoms with Crippen LogP contribution in [0.2, 0.25) is 0 Å². The van der Waals surface area contributed by atoms with Gasteiger partial charge in [0.1, 0.15) is 6.61 Å². The van der Waals surface area contributed by atoms with Gasteiger partial charge in [0.25, 0.3) is 0 Å². The smallest absolute Gasteiger partial charge is 0.107 e. The zero-order valence-corrected chi connectivity index (χ0v) is 9.78. The van der Waals surface area contributed by atoms with Gasteiger partial charge >= 0.3 is 0 Å². The van der Waals surface area contributed by atoms with Gasteiger partial charge in [0.05, 0.1) is 19.8 Å². The number of hydrogen-bond acceptors (Lipinski definition) is 4. The molecule has 1 saturated heterocycles. The van der Waals surface area contributed by atoms with Gasteiger partial charge in [0, 0.05) is 26.3 Å². The number of rotatable bonds is 6. The lowest BCUT2D eigenvalue weighted by Gasteiger charge is -2.24. The first-order valence-corrected chi connectivity index (χ1v) is 5.88. The molecule has 92 valence electrons. The summed E-state index contributed by atoms with van der Waals surface area (Å²) in [5.74, 6) is 6.08.